The first-order valence-electron chi connectivity index (χ1n) is 5.78. The first-order chi connectivity index (χ1) is 9.02. The molecule has 1 heterocycles. The van der Waals surface area contributed by atoms with Gasteiger partial charge in [0.15, 0.2) is 0 Å². The van der Waals surface area contributed by atoms with Crippen LogP contribution in [0.25, 0.3) is 0 Å². The Bertz CT molecular complexity index is 598. The Morgan fingerprint density at radius 1 is 1.47 bits per heavy atom. The number of benzene rings is 1. The molecular formula is C13H15BrClN3O. The molecule has 0 fully saturated rings. The van der Waals surface area contributed by atoms with Crippen LogP contribution in [0.4, 0.5) is 5.69 Å². The summed E-state index contributed by atoms with van der Waals surface area (Å²) < 4.78 is 8.04. The molecule has 2 rings (SSSR count). The lowest BCUT2D eigenvalue weighted by Gasteiger charge is -2.10. The van der Waals surface area contributed by atoms with Gasteiger partial charge in [0.1, 0.15) is 0 Å². The molecule has 0 aliphatic rings. The van der Waals surface area contributed by atoms with Gasteiger partial charge in [-0.2, -0.15) is 5.10 Å². The van der Waals surface area contributed by atoms with E-state index in [1.165, 1.54) is 0 Å². The first-order valence-corrected chi connectivity index (χ1v) is 6.95. The van der Waals surface area contributed by atoms with Crippen LogP contribution in [0.15, 0.2) is 22.7 Å². The Labute approximate surface area is 125 Å². The number of hydrogen-bond donors (Lipinski definition) is 1. The summed E-state index contributed by atoms with van der Waals surface area (Å²) in [5, 5.41) is 8.32. The van der Waals surface area contributed by atoms with Gasteiger partial charge in [-0.25, -0.2) is 4.68 Å². The highest BCUT2D eigenvalue weighted by Crippen LogP contribution is 2.28. The molecule has 1 N–H and O–H groups in total. The third-order valence-electron chi connectivity index (χ3n) is 2.87. The van der Waals surface area contributed by atoms with Gasteiger partial charge in [0.25, 0.3) is 0 Å². The molecule has 102 valence electrons. The Morgan fingerprint density at radius 2 is 2.21 bits per heavy atom. The minimum absolute atomic E-state index is 0.615. The average molecular weight is 345 g/mol. The topological polar surface area (TPSA) is 39.1 Å². The number of halogens is 2. The summed E-state index contributed by atoms with van der Waals surface area (Å²) in [5.41, 5.74) is 2.86. The Balaban J connectivity index is 2.19. The third-order valence-corrected chi connectivity index (χ3v) is 3.67. The lowest BCUT2D eigenvalue weighted by Crippen LogP contribution is -2.03. The zero-order chi connectivity index (χ0) is 14.0. The van der Waals surface area contributed by atoms with E-state index < -0.39 is 0 Å². The molecule has 0 spiro atoms. The molecule has 0 radical (unpaired) electrons. The number of ether oxygens (including phenoxy) is 1. The van der Waals surface area contributed by atoms with E-state index in [2.05, 4.69) is 26.3 Å². The lowest BCUT2D eigenvalue weighted by atomic mass is 10.2. The van der Waals surface area contributed by atoms with Crippen molar-refractivity contribution in [3.63, 3.8) is 0 Å². The van der Waals surface area contributed by atoms with Crippen LogP contribution < -0.4 is 10.1 Å². The van der Waals surface area contributed by atoms with Gasteiger partial charge < -0.3 is 10.1 Å². The molecule has 0 aliphatic carbocycles. The molecule has 0 bridgehead atoms. The van der Waals surface area contributed by atoms with Gasteiger partial charge in [0, 0.05) is 18.1 Å². The van der Waals surface area contributed by atoms with E-state index in [-0.39, 0.29) is 0 Å². The van der Waals surface area contributed by atoms with E-state index >= 15 is 0 Å². The Hall–Kier alpha value is -1.20. The Kier molecular flexibility index (Phi) is 4.37. The molecule has 0 saturated heterocycles. The molecule has 0 saturated carbocycles. The second-order valence-electron chi connectivity index (χ2n) is 4.17. The van der Waals surface area contributed by atoms with Crippen LogP contribution in [0.5, 0.6) is 5.88 Å². The van der Waals surface area contributed by atoms with Crippen molar-refractivity contribution >= 4 is 33.2 Å². The fourth-order valence-electron chi connectivity index (χ4n) is 1.96. The van der Waals surface area contributed by atoms with Gasteiger partial charge in [-0.05, 0) is 25.1 Å². The van der Waals surface area contributed by atoms with Gasteiger partial charge in [-0.3, -0.25) is 0 Å². The van der Waals surface area contributed by atoms with Crippen LogP contribution in [0.2, 0.25) is 5.02 Å². The molecular weight excluding hydrogens is 330 g/mol. The van der Waals surface area contributed by atoms with E-state index in [0.29, 0.717) is 11.6 Å². The molecule has 1 aromatic heterocycles. The summed E-state index contributed by atoms with van der Waals surface area (Å²) in [7, 11) is 3.51. The van der Waals surface area contributed by atoms with Crippen LogP contribution in [0, 0.1) is 6.92 Å². The number of hydrogen-bond acceptors (Lipinski definition) is 3. The maximum absolute atomic E-state index is 6.17. The van der Waals surface area contributed by atoms with Gasteiger partial charge in [0.05, 0.1) is 29.1 Å². The van der Waals surface area contributed by atoms with Crippen LogP contribution >= 0.6 is 27.5 Å². The standard InChI is InChI=1S/C13H15BrClN3O/c1-8-10(13(19-3)18(2)17-8)7-16-12-5-4-9(14)6-11(12)15/h4-6,16H,7H2,1-3H3. The van der Waals surface area contributed by atoms with Gasteiger partial charge in [0.2, 0.25) is 5.88 Å². The molecule has 4 nitrogen and oxygen atoms in total. The summed E-state index contributed by atoms with van der Waals surface area (Å²) in [6.07, 6.45) is 0. The van der Waals surface area contributed by atoms with Crippen molar-refractivity contribution in [2.24, 2.45) is 7.05 Å². The molecule has 2 aromatic rings. The fraction of sp³-hybridized carbons (Fsp3) is 0.308. The summed E-state index contributed by atoms with van der Waals surface area (Å²) in [6.45, 7) is 2.58. The van der Waals surface area contributed by atoms with E-state index in [1.54, 1.807) is 11.8 Å². The second kappa shape index (κ2) is 5.84. The number of aromatic nitrogens is 2. The van der Waals surface area contributed by atoms with Gasteiger partial charge in [-0.15, -0.1) is 0 Å². The molecule has 0 aliphatic heterocycles. The Morgan fingerprint density at radius 3 is 2.84 bits per heavy atom. The lowest BCUT2D eigenvalue weighted by molar-refractivity contribution is 0.370. The summed E-state index contributed by atoms with van der Waals surface area (Å²) in [4.78, 5) is 0. The monoisotopic (exact) mass is 343 g/mol. The van der Waals surface area contributed by atoms with Crippen molar-refractivity contribution < 1.29 is 4.74 Å². The predicted octanol–water partition coefficient (Wildman–Crippen LogP) is 3.77. The van der Waals surface area contributed by atoms with E-state index in [4.69, 9.17) is 16.3 Å². The summed E-state index contributed by atoms with van der Waals surface area (Å²) >= 11 is 9.55. The SMILES string of the molecule is COc1c(CNc2ccc(Br)cc2Cl)c(C)nn1C. The number of aryl methyl sites for hydroxylation is 2. The molecule has 0 unspecified atom stereocenters. The highest BCUT2D eigenvalue weighted by Gasteiger charge is 2.13. The fourth-order valence-corrected chi connectivity index (χ4v) is 2.70. The van der Waals surface area contributed by atoms with Crippen molar-refractivity contribution in [1.29, 1.82) is 0 Å². The largest absolute Gasteiger partial charge is 0.481 e. The number of methoxy groups -OCH3 is 1. The second-order valence-corrected chi connectivity index (χ2v) is 5.50. The van der Waals surface area contributed by atoms with E-state index in [1.807, 2.05) is 32.2 Å². The van der Waals surface area contributed by atoms with Crippen LogP contribution in [0.1, 0.15) is 11.3 Å². The summed E-state index contributed by atoms with van der Waals surface area (Å²) in [5.74, 6) is 0.762. The van der Waals surface area contributed by atoms with Crippen molar-refractivity contribution in [2.75, 3.05) is 12.4 Å². The van der Waals surface area contributed by atoms with Gasteiger partial charge in [-0.1, -0.05) is 27.5 Å². The zero-order valence-electron chi connectivity index (χ0n) is 11.0. The van der Waals surface area contributed by atoms with Crippen LogP contribution in [0.3, 0.4) is 0 Å². The van der Waals surface area contributed by atoms with Gasteiger partial charge >= 0.3 is 0 Å². The normalized spacial score (nSPS) is 10.6. The van der Waals surface area contributed by atoms with Crippen LogP contribution in [-0.2, 0) is 13.6 Å². The van der Waals surface area contributed by atoms with Crippen molar-refractivity contribution in [2.45, 2.75) is 13.5 Å². The van der Waals surface area contributed by atoms with Crippen molar-refractivity contribution in [3.05, 3.63) is 39.0 Å². The highest BCUT2D eigenvalue weighted by molar-refractivity contribution is 9.10. The summed E-state index contributed by atoms with van der Waals surface area (Å²) in [6, 6.07) is 5.74. The quantitative estimate of drug-likeness (QED) is 0.918. The number of rotatable bonds is 4. The van der Waals surface area contributed by atoms with E-state index in [9.17, 15) is 0 Å². The maximum Gasteiger partial charge on any atom is 0.216 e. The minimum atomic E-state index is 0.615. The van der Waals surface area contributed by atoms with Crippen molar-refractivity contribution in [1.82, 2.24) is 9.78 Å². The highest BCUT2D eigenvalue weighted by atomic mass is 79.9. The molecule has 19 heavy (non-hydrogen) atoms. The predicted molar refractivity (Wildman–Crippen MR) is 81.0 cm³/mol. The maximum atomic E-state index is 6.17. The zero-order valence-corrected chi connectivity index (χ0v) is 13.3. The molecule has 0 amide bonds. The first kappa shape index (κ1) is 14.2. The minimum Gasteiger partial charge on any atom is -0.481 e. The number of nitrogens with one attached hydrogen (secondary N) is 1. The van der Waals surface area contributed by atoms with Crippen molar-refractivity contribution in [3.8, 4) is 5.88 Å². The molecule has 1 aromatic carbocycles. The van der Waals surface area contributed by atoms with E-state index in [0.717, 1.165) is 27.3 Å². The van der Waals surface area contributed by atoms with Crippen LogP contribution in [-0.4, -0.2) is 16.9 Å². The average Bonchev–Trinajstić information content (AvgIpc) is 2.62. The number of anilines is 1. The molecule has 6 heteroatoms. The smallest absolute Gasteiger partial charge is 0.216 e. The number of nitrogens with zero attached hydrogens (tertiary/aromatic N) is 2. The molecule has 0 atom stereocenters. The third kappa shape index (κ3) is 3.04.